The van der Waals surface area contributed by atoms with Crippen molar-refractivity contribution >= 4 is 27.7 Å². The predicted molar refractivity (Wildman–Crippen MR) is 127 cm³/mol. The van der Waals surface area contributed by atoms with Gasteiger partial charge in [0.25, 0.3) is 5.91 Å². The number of nitrogens with two attached hydrogens (primary N) is 1. The van der Waals surface area contributed by atoms with Crippen molar-refractivity contribution in [2.24, 2.45) is 5.14 Å². The van der Waals surface area contributed by atoms with Crippen LogP contribution in [-0.2, 0) is 38.3 Å². The second-order valence-corrected chi connectivity index (χ2v) is 11.1. The summed E-state index contributed by atoms with van der Waals surface area (Å²) in [6.07, 6.45) is 1.35. The highest BCUT2D eigenvalue weighted by molar-refractivity contribution is 7.89. The average molecular weight is 514 g/mol. The van der Waals surface area contributed by atoms with Gasteiger partial charge in [-0.2, -0.15) is 0 Å². The Labute approximate surface area is 208 Å². The van der Waals surface area contributed by atoms with E-state index in [0.29, 0.717) is 49.4 Å². The lowest BCUT2D eigenvalue weighted by Crippen LogP contribution is -2.52. The molecule has 0 spiro atoms. The largest absolute Gasteiger partial charge is 0.383 e. The average Bonchev–Trinajstić information content (AvgIpc) is 3.16. The first-order chi connectivity index (χ1) is 17.0. The first-order valence-electron chi connectivity index (χ1n) is 11.7. The second kappa shape index (κ2) is 9.04. The van der Waals surface area contributed by atoms with E-state index in [1.54, 1.807) is 24.3 Å². The van der Waals surface area contributed by atoms with E-state index in [0.717, 1.165) is 5.56 Å². The summed E-state index contributed by atoms with van der Waals surface area (Å²) in [6, 6.07) is 9.05. The number of benzene rings is 1. The highest BCUT2D eigenvalue weighted by atomic mass is 32.2. The molecule has 3 aliphatic heterocycles. The standard InChI is InChI=1S/C24H27N5O6S/c25-36(34,35)16-3-1-15(2-4-16)13-28-11-9-24(33,10-12-28)20-7-5-17-18(26-20)14-29(23(17)32)19-6-8-21(30)27-22(19)31/h1-5,7,19,33H,6,8-14H2,(H2,25,34,35)(H,27,30,31). The van der Waals surface area contributed by atoms with Crippen molar-refractivity contribution in [3.05, 3.63) is 58.9 Å². The molecular weight excluding hydrogens is 486 g/mol. The molecule has 36 heavy (non-hydrogen) atoms. The number of amides is 3. The summed E-state index contributed by atoms with van der Waals surface area (Å²) in [5.41, 5.74) is 1.22. The molecule has 1 aromatic heterocycles. The Morgan fingerprint density at radius 2 is 1.78 bits per heavy atom. The fourth-order valence-corrected chi connectivity index (χ4v) is 5.59. The van der Waals surface area contributed by atoms with E-state index >= 15 is 0 Å². The van der Waals surface area contributed by atoms with Crippen LogP contribution in [0.5, 0.6) is 0 Å². The Morgan fingerprint density at radius 3 is 2.42 bits per heavy atom. The number of likely N-dealkylation sites (tertiary alicyclic amines) is 1. The zero-order valence-corrected chi connectivity index (χ0v) is 20.3. The van der Waals surface area contributed by atoms with Crippen molar-refractivity contribution in [2.75, 3.05) is 13.1 Å². The molecular formula is C24H27N5O6S. The van der Waals surface area contributed by atoms with Crippen molar-refractivity contribution in [3.8, 4) is 0 Å². The number of primary sulfonamides is 1. The van der Waals surface area contributed by atoms with Crippen LogP contribution in [0.1, 0.15) is 53.0 Å². The monoisotopic (exact) mass is 513 g/mol. The van der Waals surface area contributed by atoms with Crippen LogP contribution < -0.4 is 10.5 Å². The van der Waals surface area contributed by atoms with E-state index in [1.807, 2.05) is 0 Å². The molecule has 4 N–H and O–H groups in total. The van der Waals surface area contributed by atoms with Gasteiger partial charge in [-0.05, 0) is 49.1 Å². The van der Waals surface area contributed by atoms with E-state index in [-0.39, 0.29) is 36.1 Å². The number of nitrogens with one attached hydrogen (secondary N) is 1. The summed E-state index contributed by atoms with van der Waals surface area (Å²) in [5, 5.41) is 18.8. The molecule has 3 amide bonds. The smallest absolute Gasteiger partial charge is 0.256 e. The third kappa shape index (κ3) is 4.64. The van der Waals surface area contributed by atoms with Gasteiger partial charge in [-0.15, -0.1) is 0 Å². The van der Waals surface area contributed by atoms with Gasteiger partial charge in [0, 0.05) is 26.1 Å². The molecule has 1 aromatic carbocycles. The molecule has 1 unspecified atom stereocenters. The maximum absolute atomic E-state index is 12.9. The van der Waals surface area contributed by atoms with Crippen LogP contribution in [0.4, 0.5) is 0 Å². The number of carbonyl (C=O) groups is 3. The maximum atomic E-state index is 12.9. The number of sulfonamides is 1. The van der Waals surface area contributed by atoms with E-state index in [2.05, 4.69) is 15.2 Å². The number of imide groups is 1. The van der Waals surface area contributed by atoms with Gasteiger partial charge in [-0.1, -0.05) is 12.1 Å². The first-order valence-corrected chi connectivity index (χ1v) is 13.3. The molecule has 0 radical (unpaired) electrons. The third-order valence-corrected chi connectivity index (χ3v) is 8.12. The van der Waals surface area contributed by atoms with Crippen LogP contribution in [0.25, 0.3) is 0 Å². The van der Waals surface area contributed by atoms with E-state index in [4.69, 9.17) is 5.14 Å². The van der Waals surface area contributed by atoms with Gasteiger partial charge in [0.15, 0.2) is 0 Å². The topological polar surface area (TPSA) is 163 Å². The molecule has 0 aliphatic carbocycles. The van der Waals surface area contributed by atoms with Gasteiger partial charge in [0.1, 0.15) is 11.6 Å². The van der Waals surface area contributed by atoms with Crippen molar-refractivity contribution in [3.63, 3.8) is 0 Å². The first kappa shape index (κ1) is 24.5. The molecule has 11 nitrogen and oxygen atoms in total. The highest BCUT2D eigenvalue weighted by Crippen LogP contribution is 2.35. The van der Waals surface area contributed by atoms with Crippen molar-refractivity contribution in [2.45, 2.75) is 55.3 Å². The number of aliphatic hydroxyl groups is 1. The van der Waals surface area contributed by atoms with Crippen molar-refractivity contribution < 1.29 is 27.9 Å². The Bertz CT molecular complexity index is 1340. The van der Waals surface area contributed by atoms with Gasteiger partial charge in [0.05, 0.1) is 28.4 Å². The Morgan fingerprint density at radius 1 is 1.08 bits per heavy atom. The summed E-state index contributed by atoms with van der Waals surface area (Å²) in [5.74, 6) is -1.11. The Hall–Kier alpha value is -3.19. The molecule has 0 saturated carbocycles. The van der Waals surface area contributed by atoms with E-state index < -0.39 is 27.6 Å². The van der Waals surface area contributed by atoms with Crippen LogP contribution in [0.2, 0.25) is 0 Å². The Balaban J connectivity index is 1.24. The number of hydrogen-bond donors (Lipinski definition) is 3. The number of carbonyl (C=O) groups excluding carboxylic acids is 3. The number of hydrogen-bond acceptors (Lipinski definition) is 8. The van der Waals surface area contributed by atoms with Crippen LogP contribution in [-0.4, -0.2) is 65.2 Å². The number of aromatic nitrogens is 1. The van der Waals surface area contributed by atoms with Crippen LogP contribution in [0.3, 0.4) is 0 Å². The normalized spacial score (nSPS) is 22.4. The number of nitrogens with zero attached hydrogens (tertiary/aromatic N) is 3. The molecule has 0 bridgehead atoms. The van der Waals surface area contributed by atoms with Gasteiger partial charge in [-0.25, -0.2) is 13.6 Å². The molecule has 2 saturated heterocycles. The summed E-state index contributed by atoms with van der Waals surface area (Å²) in [7, 11) is -3.73. The predicted octanol–water partition coefficient (Wildman–Crippen LogP) is -0.0264. The van der Waals surface area contributed by atoms with Crippen LogP contribution >= 0.6 is 0 Å². The second-order valence-electron chi connectivity index (χ2n) is 9.59. The fraction of sp³-hybridized carbons (Fsp3) is 0.417. The lowest BCUT2D eigenvalue weighted by atomic mass is 9.87. The molecule has 2 fully saturated rings. The van der Waals surface area contributed by atoms with Crippen LogP contribution in [0, 0.1) is 0 Å². The lowest BCUT2D eigenvalue weighted by molar-refractivity contribution is -0.136. The fourth-order valence-electron chi connectivity index (χ4n) is 5.07. The zero-order valence-electron chi connectivity index (χ0n) is 19.5. The maximum Gasteiger partial charge on any atom is 0.256 e. The number of fused-ring (bicyclic) bond motifs is 1. The summed E-state index contributed by atoms with van der Waals surface area (Å²) >= 11 is 0. The Kier molecular flexibility index (Phi) is 6.15. The SMILES string of the molecule is NS(=O)(=O)c1ccc(CN2CCC(O)(c3ccc4c(n3)CN(C3CCC(=O)NC3=O)C4=O)CC2)cc1. The molecule has 5 rings (SSSR count). The molecule has 12 heteroatoms. The van der Waals surface area contributed by atoms with Gasteiger partial charge < -0.3 is 10.0 Å². The molecule has 2 aromatic rings. The lowest BCUT2D eigenvalue weighted by Gasteiger charge is -2.38. The molecule has 190 valence electrons. The molecule has 3 aliphatic rings. The summed E-state index contributed by atoms with van der Waals surface area (Å²) < 4.78 is 22.9. The van der Waals surface area contributed by atoms with E-state index in [1.165, 1.54) is 17.0 Å². The molecule has 4 heterocycles. The van der Waals surface area contributed by atoms with Gasteiger partial charge in [0.2, 0.25) is 21.8 Å². The van der Waals surface area contributed by atoms with E-state index in [9.17, 15) is 27.9 Å². The zero-order chi connectivity index (χ0) is 25.7. The molecule has 1 atom stereocenters. The quantitative estimate of drug-likeness (QED) is 0.470. The minimum absolute atomic E-state index is 0.0663. The highest BCUT2D eigenvalue weighted by Gasteiger charge is 2.41. The van der Waals surface area contributed by atoms with Gasteiger partial charge >= 0.3 is 0 Å². The van der Waals surface area contributed by atoms with Crippen molar-refractivity contribution in [1.29, 1.82) is 0 Å². The third-order valence-electron chi connectivity index (χ3n) is 7.19. The summed E-state index contributed by atoms with van der Waals surface area (Å²) in [6.45, 7) is 1.97. The summed E-state index contributed by atoms with van der Waals surface area (Å²) in [4.78, 5) is 44.9. The number of piperidine rings is 2. The minimum atomic E-state index is -3.73. The van der Waals surface area contributed by atoms with Crippen LogP contribution in [0.15, 0.2) is 41.3 Å². The number of pyridine rings is 1. The van der Waals surface area contributed by atoms with Crippen molar-refractivity contribution in [1.82, 2.24) is 20.1 Å². The number of rotatable bonds is 5. The van der Waals surface area contributed by atoms with Gasteiger partial charge in [-0.3, -0.25) is 29.6 Å². The minimum Gasteiger partial charge on any atom is -0.383 e.